The first-order chi connectivity index (χ1) is 15.4. The van der Waals surface area contributed by atoms with Gasteiger partial charge in [0.15, 0.2) is 5.65 Å². The zero-order valence-electron chi connectivity index (χ0n) is 17.6. The van der Waals surface area contributed by atoms with Crippen LogP contribution in [-0.2, 0) is 0 Å². The van der Waals surface area contributed by atoms with E-state index < -0.39 is 0 Å². The van der Waals surface area contributed by atoms with Gasteiger partial charge in [0.25, 0.3) is 0 Å². The first kappa shape index (κ1) is 20.5. The van der Waals surface area contributed by atoms with Crippen LogP contribution < -0.4 is 10.2 Å². The number of aromatic nitrogens is 3. The Balaban J connectivity index is 0.00000216. The molecule has 5 aromatic rings. The minimum atomic E-state index is 0. The van der Waals surface area contributed by atoms with Gasteiger partial charge in [-0.2, -0.15) is 5.10 Å². The summed E-state index contributed by atoms with van der Waals surface area (Å²) >= 11 is 0. The van der Waals surface area contributed by atoms with Gasteiger partial charge in [-0.25, -0.2) is 9.50 Å². The predicted octanol–water partition coefficient (Wildman–Crippen LogP) is 5.05. The Labute approximate surface area is 193 Å². The molecule has 2 aromatic heterocycles. The molecule has 160 valence electrons. The number of fused-ring (bicyclic) bond motifs is 2. The van der Waals surface area contributed by atoms with E-state index in [1.807, 2.05) is 16.9 Å². The maximum atomic E-state index is 4.79. The van der Waals surface area contributed by atoms with Crippen molar-refractivity contribution in [3.63, 3.8) is 0 Å². The van der Waals surface area contributed by atoms with Crippen molar-refractivity contribution in [3.8, 4) is 22.3 Å². The lowest BCUT2D eigenvalue weighted by atomic mass is 10.0. The fourth-order valence-electron chi connectivity index (χ4n) is 4.46. The standard InChI is InChI=1S/C26H23N5.ClH/c1-2-6-23-20(4-1)5-3-7-24(23)25-17-29-31-18-21(16-28-26(25)31)19-8-10-22(11-9-19)30-14-12-27-13-15-30;/h1-11,16-18,27H,12-15H2;1H. The van der Waals surface area contributed by atoms with E-state index in [0.717, 1.165) is 54.1 Å². The van der Waals surface area contributed by atoms with E-state index in [1.54, 1.807) is 0 Å². The van der Waals surface area contributed by atoms with E-state index in [2.05, 4.69) is 88.2 Å². The minimum absolute atomic E-state index is 0. The van der Waals surface area contributed by atoms with Gasteiger partial charge in [0.1, 0.15) is 0 Å². The van der Waals surface area contributed by atoms with Gasteiger partial charge >= 0.3 is 0 Å². The lowest BCUT2D eigenvalue weighted by molar-refractivity contribution is 0.589. The summed E-state index contributed by atoms with van der Waals surface area (Å²) in [6.07, 6.45) is 5.93. The highest BCUT2D eigenvalue weighted by Crippen LogP contribution is 2.31. The summed E-state index contributed by atoms with van der Waals surface area (Å²) in [5.41, 5.74) is 6.57. The molecule has 1 fully saturated rings. The highest BCUT2D eigenvalue weighted by atomic mass is 35.5. The van der Waals surface area contributed by atoms with Gasteiger partial charge in [-0.1, -0.05) is 54.6 Å². The van der Waals surface area contributed by atoms with Crippen molar-refractivity contribution in [1.29, 1.82) is 0 Å². The molecule has 32 heavy (non-hydrogen) atoms. The largest absolute Gasteiger partial charge is 0.369 e. The smallest absolute Gasteiger partial charge is 0.162 e. The number of hydrogen-bond acceptors (Lipinski definition) is 4. The summed E-state index contributed by atoms with van der Waals surface area (Å²) in [5.74, 6) is 0. The summed E-state index contributed by atoms with van der Waals surface area (Å²) in [4.78, 5) is 7.22. The monoisotopic (exact) mass is 441 g/mol. The van der Waals surface area contributed by atoms with E-state index in [-0.39, 0.29) is 12.4 Å². The van der Waals surface area contributed by atoms with Gasteiger partial charge in [0.05, 0.1) is 6.20 Å². The van der Waals surface area contributed by atoms with Crippen LogP contribution in [0.5, 0.6) is 0 Å². The van der Waals surface area contributed by atoms with Crippen LogP contribution in [-0.4, -0.2) is 40.8 Å². The molecule has 0 amide bonds. The normalized spacial score (nSPS) is 13.9. The number of nitrogens with zero attached hydrogens (tertiary/aromatic N) is 4. The predicted molar refractivity (Wildman–Crippen MR) is 134 cm³/mol. The first-order valence-electron chi connectivity index (χ1n) is 10.7. The second-order valence-electron chi connectivity index (χ2n) is 7.98. The molecule has 6 rings (SSSR count). The van der Waals surface area contributed by atoms with Crippen molar-refractivity contribution in [2.24, 2.45) is 0 Å². The molecule has 0 bridgehead atoms. The molecule has 0 spiro atoms. The molecule has 0 atom stereocenters. The second kappa shape index (κ2) is 8.61. The van der Waals surface area contributed by atoms with Crippen LogP contribution in [0.15, 0.2) is 85.3 Å². The van der Waals surface area contributed by atoms with Crippen LogP contribution in [0.3, 0.4) is 0 Å². The van der Waals surface area contributed by atoms with Crippen LogP contribution in [0.25, 0.3) is 38.7 Å². The summed E-state index contributed by atoms with van der Waals surface area (Å²) in [6.45, 7) is 4.19. The number of benzene rings is 3. The summed E-state index contributed by atoms with van der Waals surface area (Å²) in [7, 11) is 0. The Kier molecular flexibility index (Phi) is 5.52. The molecule has 6 heteroatoms. The quantitative estimate of drug-likeness (QED) is 0.425. The highest BCUT2D eigenvalue weighted by molar-refractivity contribution is 5.99. The van der Waals surface area contributed by atoms with Gasteiger partial charge < -0.3 is 10.2 Å². The second-order valence-corrected chi connectivity index (χ2v) is 7.98. The average molecular weight is 442 g/mol. The molecule has 0 saturated carbocycles. The summed E-state index contributed by atoms with van der Waals surface area (Å²) in [6, 6.07) is 23.6. The van der Waals surface area contributed by atoms with Crippen molar-refractivity contribution in [3.05, 3.63) is 85.3 Å². The molecule has 5 nitrogen and oxygen atoms in total. The molecule has 0 radical (unpaired) electrons. The van der Waals surface area contributed by atoms with Crippen LogP contribution in [0.4, 0.5) is 5.69 Å². The first-order valence-corrected chi connectivity index (χ1v) is 10.7. The van der Waals surface area contributed by atoms with Crippen molar-refractivity contribution < 1.29 is 0 Å². The highest BCUT2D eigenvalue weighted by Gasteiger charge is 2.13. The van der Waals surface area contributed by atoms with Gasteiger partial charge in [-0.05, 0) is 34.0 Å². The molecule has 0 unspecified atom stereocenters. The Morgan fingerprint density at radius 2 is 1.53 bits per heavy atom. The van der Waals surface area contributed by atoms with E-state index in [0.29, 0.717) is 0 Å². The Hall–Kier alpha value is -3.41. The van der Waals surface area contributed by atoms with Crippen LogP contribution in [0, 0.1) is 0 Å². The lowest BCUT2D eigenvalue weighted by Crippen LogP contribution is -2.43. The van der Waals surface area contributed by atoms with Crippen molar-refractivity contribution >= 4 is 34.5 Å². The zero-order valence-corrected chi connectivity index (χ0v) is 18.4. The number of rotatable bonds is 3. The number of nitrogens with one attached hydrogen (secondary N) is 1. The van der Waals surface area contributed by atoms with Crippen LogP contribution in [0.2, 0.25) is 0 Å². The SMILES string of the molecule is Cl.c1ccc2c(-c3cnn4cc(-c5ccc(N6CCNCC6)cc5)cnc34)cccc2c1. The van der Waals surface area contributed by atoms with Gasteiger partial charge in [-0.3, -0.25) is 0 Å². The van der Waals surface area contributed by atoms with Crippen molar-refractivity contribution in [1.82, 2.24) is 19.9 Å². The molecular weight excluding hydrogens is 418 g/mol. The van der Waals surface area contributed by atoms with Crippen LogP contribution in [0.1, 0.15) is 0 Å². The molecule has 1 aliphatic rings. The molecule has 3 heterocycles. The lowest BCUT2D eigenvalue weighted by Gasteiger charge is -2.29. The van der Waals surface area contributed by atoms with Gasteiger partial charge in [0, 0.05) is 55.4 Å². The Morgan fingerprint density at radius 1 is 0.750 bits per heavy atom. The Morgan fingerprint density at radius 3 is 2.38 bits per heavy atom. The maximum Gasteiger partial charge on any atom is 0.162 e. The fourth-order valence-corrected chi connectivity index (χ4v) is 4.46. The average Bonchev–Trinajstić information content (AvgIpc) is 3.27. The minimum Gasteiger partial charge on any atom is -0.369 e. The van der Waals surface area contributed by atoms with Gasteiger partial charge in [0.2, 0.25) is 0 Å². The molecular formula is C26H24ClN5. The van der Waals surface area contributed by atoms with E-state index >= 15 is 0 Å². The molecule has 1 saturated heterocycles. The van der Waals surface area contributed by atoms with Gasteiger partial charge in [-0.15, -0.1) is 12.4 Å². The number of halogens is 1. The Bertz CT molecular complexity index is 1370. The molecule has 1 N–H and O–H groups in total. The summed E-state index contributed by atoms with van der Waals surface area (Å²) < 4.78 is 1.89. The van der Waals surface area contributed by atoms with Crippen molar-refractivity contribution in [2.45, 2.75) is 0 Å². The molecule has 3 aromatic carbocycles. The third-order valence-corrected chi connectivity index (χ3v) is 6.12. The number of piperazine rings is 1. The topological polar surface area (TPSA) is 45.5 Å². The third-order valence-electron chi connectivity index (χ3n) is 6.12. The summed E-state index contributed by atoms with van der Waals surface area (Å²) in [5, 5.41) is 10.5. The van der Waals surface area contributed by atoms with E-state index in [9.17, 15) is 0 Å². The number of anilines is 1. The van der Waals surface area contributed by atoms with Crippen molar-refractivity contribution in [2.75, 3.05) is 31.1 Å². The van der Waals surface area contributed by atoms with E-state index in [4.69, 9.17) is 4.98 Å². The molecule has 1 aliphatic heterocycles. The maximum absolute atomic E-state index is 4.79. The fraction of sp³-hybridized carbons (Fsp3) is 0.154. The zero-order chi connectivity index (χ0) is 20.6. The van der Waals surface area contributed by atoms with E-state index in [1.165, 1.54) is 16.5 Å². The number of hydrogen-bond donors (Lipinski definition) is 1. The third kappa shape index (κ3) is 3.60. The van der Waals surface area contributed by atoms with Crippen LogP contribution >= 0.6 is 12.4 Å². The molecule has 0 aliphatic carbocycles.